The van der Waals surface area contributed by atoms with Gasteiger partial charge in [0.05, 0.1) is 23.6 Å². The number of benzene rings is 1. The van der Waals surface area contributed by atoms with Crippen LogP contribution in [0.1, 0.15) is 53.5 Å². The zero-order valence-electron chi connectivity index (χ0n) is 19.3. The van der Waals surface area contributed by atoms with Crippen LogP contribution in [0.5, 0.6) is 0 Å². The Morgan fingerprint density at radius 2 is 1.63 bits per heavy atom. The molecular formula is C25H32N4O. The van der Waals surface area contributed by atoms with E-state index in [1.54, 1.807) is 7.11 Å². The fourth-order valence-corrected chi connectivity index (χ4v) is 4.77. The lowest BCUT2D eigenvalue weighted by atomic mass is 9.94. The molecule has 0 spiro atoms. The molecule has 1 aromatic carbocycles. The van der Waals surface area contributed by atoms with Gasteiger partial charge in [-0.1, -0.05) is 31.0 Å². The second-order valence-electron chi connectivity index (χ2n) is 8.48. The zero-order chi connectivity index (χ0) is 21.6. The van der Waals surface area contributed by atoms with Gasteiger partial charge in [-0.25, -0.2) is 4.98 Å². The highest BCUT2D eigenvalue weighted by Gasteiger charge is 2.22. The molecule has 0 aliphatic rings. The number of hydrogen-bond donors (Lipinski definition) is 0. The minimum Gasteiger partial charge on any atom is -0.378 e. The van der Waals surface area contributed by atoms with Crippen LogP contribution >= 0.6 is 0 Å². The SMILES string of the molecule is CCCCn1c(COC)cc2c(C)nc3c(-c4c(C)cc(C)cc4C)c(C)nn3c21. The molecule has 4 rings (SSSR count). The van der Waals surface area contributed by atoms with E-state index in [0.29, 0.717) is 6.61 Å². The molecule has 5 heteroatoms. The van der Waals surface area contributed by atoms with Gasteiger partial charge in [-0.05, 0) is 63.8 Å². The average Bonchev–Trinajstić information content (AvgIpc) is 3.18. The molecule has 0 atom stereocenters. The Morgan fingerprint density at radius 3 is 2.27 bits per heavy atom. The van der Waals surface area contributed by atoms with Gasteiger partial charge in [-0.15, -0.1) is 0 Å². The molecule has 30 heavy (non-hydrogen) atoms. The van der Waals surface area contributed by atoms with Gasteiger partial charge in [0.15, 0.2) is 5.65 Å². The summed E-state index contributed by atoms with van der Waals surface area (Å²) < 4.78 is 9.93. The first-order valence-corrected chi connectivity index (χ1v) is 10.8. The quantitative estimate of drug-likeness (QED) is 0.405. The number of methoxy groups -OCH3 is 1. The molecule has 0 amide bonds. The van der Waals surface area contributed by atoms with E-state index in [1.165, 1.54) is 27.9 Å². The molecule has 0 radical (unpaired) electrons. The lowest BCUT2D eigenvalue weighted by Crippen LogP contribution is -2.08. The highest BCUT2D eigenvalue weighted by Crippen LogP contribution is 2.35. The fourth-order valence-electron chi connectivity index (χ4n) is 4.77. The number of unbranched alkanes of at least 4 members (excludes halogenated alkanes) is 1. The lowest BCUT2D eigenvalue weighted by Gasteiger charge is -2.12. The van der Waals surface area contributed by atoms with E-state index in [9.17, 15) is 0 Å². The summed E-state index contributed by atoms with van der Waals surface area (Å²) in [7, 11) is 1.75. The summed E-state index contributed by atoms with van der Waals surface area (Å²) in [6.45, 7) is 14.5. The normalized spacial score (nSPS) is 11.8. The van der Waals surface area contributed by atoms with E-state index >= 15 is 0 Å². The number of aryl methyl sites for hydroxylation is 6. The molecule has 5 nitrogen and oxygen atoms in total. The Bertz CT molecular complexity index is 1220. The first kappa shape index (κ1) is 20.6. The number of nitrogens with zero attached hydrogens (tertiary/aromatic N) is 4. The summed E-state index contributed by atoms with van der Waals surface area (Å²) >= 11 is 0. The van der Waals surface area contributed by atoms with Gasteiger partial charge >= 0.3 is 0 Å². The van der Waals surface area contributed by atoms with E-state index in [-0.39, 0.29) is 0 Å². The number of fused-ring (bicyclic) bond motifs is 3. The van der Waals surface area contributed by atoms with Crippen molar-refractivity contribution < 1.29 is 4.74 Å². The summed E-state index contributed by atoms with van der Waals surface area (Å²) in [5.74, 6) is 0. The van der Waals surface area contributed by atoms with Crippen molar-refractivity contribution in [3.63, 3.8) is 0 Å². The van der Waals surface area contributed by atoms with E-state index in [2.05, 4.69) is 68.8 Å². The van der Waals surface area contributed by atoms with Crippen molar-refractivity contribution in [2.45, 2.75) is 67.5 Å². The second-order valence-corrected chi connectivity index (χ2v) is 8.48. The molecule has 0 aliphatic carbocycles. The number of hydrogen-bond acceptors (Lipinski definition) is 3. The Labute approximate surface area is 178 Å². The monoisotopic (exact) mass is 404 g/mol. The smallest absolute Gasteiger partial charge is 0.165 e. The first-order chi connectivity index (χ1) is 14.4. The fraction of sp³-hybridized carbons (Fsp3) is 0.440. The summed E-state index contributed by atoms with van der Waals surface area (Å²) in [5.41, 5.74) is 11.5. The Morgan fingerprint density at radius 1 is 0.933 bits per heavy atom. The van der Waals surface area contributed by atoms with Crippen LogP contribution in [0.2, 0.25) is 0 Å². The van der Waals surface area contributed by atoms with Crippen molar-refractivity contribution in [3.8, 4) is 11.1 Å². The van der Waals surface area contributed by atoms with Gasteiger partial charge in [0.2, 0.25) is 0 Å². The third kappa shape index (κ3) is 3.21. The average molecular weight is 405 g/mol. The Balaban J connectivity index is 2.09. The van der Waals surface area contributed by atoms with Crippen molar-refractivity contribution in [3.05, 3.63) is 52.0 Å². The lowest BCUT2D eigenvalue weighted by molar-refractivity contribution is 0.178. The van der Waals surface area contributed by atoms with Crippen molar-refractivity contribution in [1.29, 1.82) is 0 Å². The van der Waals surface area contributed by atoms with Crippen molar-refractivity contribution in [2.75, 3.05) is 7.11 Å². The van der Waals surface area contributed by atoms with Crippen LogP contribution in [0, 0.1) is 34.6 Å². The molecule has 3 aromatic heterocycles. The van der Waals surface area contributed by atoms with E-state index in [1.807, 2.05) is 0 Å². The number of ether oxygens (including phenoxy) is 1. The molecule has 0 unspecified atom stereocenters. The first-order valence-electron chi connectivity index (χ1n) is 10.8. The topological polar surface area (TPSA) is 44.3 Å². The molecule has 0 saturated heterocycles. The largest absolute Gasteiger partial charge is 0.378 e. The zero-order valence-corrected chi connectivity index (χ0v) is 19.3. The molecule has 158 valence electrons. The van der Waals surface area contributed by atoms with E-state index in [0.717, 1.165) is 53.0 Å². The minimum absolute atomic E-state index is 0.586. The summed E-state index contributed by atoms with van der Waals surface area (Å²) in [6.07, 6.45) is 2.26. The van der Waals surface area contributed by atoms with Crippen molar-refractivity contribution >= 4 is 16.7 Å². The molecular weight excluding hydrogens is 372 g/mol. The minimum atomic E-state index is 0.586. The van der Waals surface area contributed by atoms with E-state index < -0.39 is 0 Å². The number of rotatable bonds is 6. The third-order valence-corrected chi connectivity index (χ3v) is 6.01. The highest BCUT2D eigenvalue weighted by atomic mass is 16.5. The van der Waals surface area contributed by atoms with Crippen LogP contribution in [-0.2, 0) is 17.9 Å². The molecule has 0 aliphatic heterocycles. The maximum Gasteiger partial charge on any atom is 0.165 e. The maximum absolute atomic E-state index is 5.50. The summed E-state index contributed by atoms with van der Waals surface area (Å²) in [6, 6.07) is 6.71. The van der Waals surface area contributed by atoms with Gasteiger partial charge in [0.25, 0.3) is 0 Å². The van der Waals surface area contributed by atoms with Crippen LogP contribution in [0.4, 0.5) is 0 Å². The van der Waals surface area contributed by atoms with Gasteiger partial charge in [-0.2, -0.15) is 9.61 Å². The highest BCUT2D eigenvalue weighted by molar-refractivity contribution is 5.90. The van der Waals surface area contributed by atoms with E-state index in [4.69, 9.17) is 14.8 Å². The van der Waals surface area contributed by atoms with Crippen LogP contribution in [0.25, 0.3) is 27.8 Å². The maximum atomic E-state index is 5.50. The molecule has 0 fully saturated rings. The van der Waals surface area contributed by atoms with Crippen LogP contribution < -0.4 is 0 Å². The van der Waals surface area contributed by atoms with Crippen LogP contribution in [0.3, 0.4) is 0 Å². The Kier molecular flexibility index (Phi) is 5.41. The van der Waals surface area contributed by atoms with Gasteiger partial charge in [0.1, 0.15) is 5.65 Å². The van der Waals surface area contributed by atoms with Gasteiger partial charge in [0, 0.05) is 24.7 Å². The summed E-state index contributed by atoms with van der Waals surface area (Å²) in [5, 5.41) is 6.15. The van der Waals surface area contributed by atoms with Crippen LogP contribution in [-0.4, -0.2) is 26.3 Å². The van der Waals surface area contributed by atoms with Gasteiger partial charge < -0.3 is 9.30 Å². The predicted molar refractivity (Wildman–Crippen MR) is 123 cm³/mol. The summed E-state index contributed by atoms with van der Waals surface area (Å²) in [4.78, 5) is 5.05. The standard InChI is InChI=1S/C25H32N4O/c1-8-9-10-28-20(14-30-7)13-21-18(5)26-24-23(19(6)27-29(24)25(21)28)22-16(3)11-15(2)12-17(22)4/h11-13H,8-10,14H2,1-7H3. The molecule has 0 bridgehead atoms. The van der Waals surface area contributed by atoms with Crippen molar-refractivity contribution in [2.24, 2.45) is 0 Å². The van der Waals surface area contributed by atoms with Crippen LogP contribution in [0.15, 0.2) is 18.2 Å². The molecule has 0 saturated carbocycles. The molecule has 4 aromatic rings. The molecule has 3 heterocycles. The molecule has 0 N–H and O–H groups in total. The Hall–Kier alpha value is -2.66. The number of aromatic nitrogens is 4. The third-order valence-electron chi connectivity index (χ3n) is 6.01. The van der Waals surface area contributed by atoms with Crippen molar-refractivity contribution in [1.82, 2.24) is 19.2 Å². The second kappa shape index (κ2) is 7.88. The predicted octanol–water partition coefficient (Wildman–Crippen LogP) is 5.84. The van der Waals surface area contributed by atoms with Gasteiger partial charge in [-0.3, -0.25) is 0 Å².